The van der Waals surface area contributed by atoms with Gasteiger partial charge in [0.2, 0.25) is 5.91 Å². The fraction of sp³-hybridized carbons (Fsp3) is 0.941. The Morgan fingerprint density at radius 3 is 0.959 bits per heavy atom. The smallest absolute Gasteiger partial charge is 0.305 e. The predicted molar refractivity (Wildman–Crippen MR) is 324 cm³/mol. The van der Waals surface area contributed by atoms with Crippen molar-refractivity contribution >= 4 is 11.9 Å². The molecule has 3 N–H and O–H groups in total. The van der Waals surface area contributed by atoms with Gasteiger partial charge < -0.3 is 20.3 Å². The lowest BCUT2D eigenvalue weighted by molar-refractivity contribution is -0.143. The summed E-state index contributed by atoms with van der Waals surface area (Å²) in [5.41, 5.74) is 0. The number of nitrogens with one attached hydrogen (secondary N) is 1. The highest BCUT2D eigenvalue weighted by atomic mass is 16.5. The van der Waals surface area contributed by atoms with E-state index in [1.807, 2.05) is 0 Å². The van der Waals surface area contributed by atoms with Gasteiger partial charge in [-0.15, -0.1) is 0 Å². The van der Waals surface area contributed by atoms with E-state index in [0.29, 0.717) is 25.9 Å². The van der Waals surface area contributed by atoms with Gasteiger partial charge in [-0.1, -0.05) is 334 Å². The molecule has 0 fully saturated rings. The first kappa shape index (κ1) is 72.6. The topological polar surface area (TPSA) is 95.9 Å². The van der Waals surface area contributed by atoms with Crippen molar-refractivity contribution in [1.82, 2.24) is 5.32 Å². The highest BCUT2D eigenvalue weighted by molar-refractivity contribution is 5.76. The number of rotatable bonds is 64. The van der Waals surface area contributed by atoms with E-state index in [4.69, 9.17) is 4.74 Å². The average Bonchev–Trinajstić information content (AvgIpc) is 3.40. The van der Waals surface area contributed by atoms with Crippen molar-refractivity contribution in [3.8, 4) is 0 Å². The lowest BCUT2D eigenvalue weighted by Gasteiger charge is -2.22. The minimum atomic E-state index is -0.662. The van der Waals surface area contributed by atoms with Gasteiger partial charge >= 0.3 is 5.97 Å². The molecule has 6 nitrogen and oxygen atoms in total. The van der Waals surface area contributed by atoms with Crippen LogP contribution < -0.4 is 5.32 Å². The van der Waals surface area contributed by atoms with Crippen LogP contribution in [0, 0.1) is 0 Å². The number of carbonyl (C=O) groups is 2. The molecule has 0 aromatic heterocycles. The lowest BCUT2D eigenvalue weighted by atomic mass is 10.0. The standard InChI is InChI=1S/C68H133NO5/c1-3-5-7-9-11-13-15-17-19-33-36-40-44-48-52-56-60-66(71)65(64-70)69-67(72)61-57-53-49-45-41-37-34-31-29-27-25-23-21-20-22-24-26-28-30-32-35-39-43-47-51-55-59-63-74-68(73)62-58-54-50-46-42-38-18-16-14-12-10-8-6-4-2/h16,18,65-66,70-71H,3-15,17,19-64H2,1-2H3,(H,69,72)/b18-16-. The Labute approximate surface area is 463 Å². The largest absolute Gasteiger partial charge is 0.466 e. The van der Waals surface area contributed by atoms with E-state index in [1.165, 1.54) is 308 Å². The fourth-order valence-electron chi connectivity index (χ4n) is 10.9. The number of unbranched alkanes of at least 4 members (excludes halogenated alkanes) is 51. The maximum absolute atomic E-state index is 12.5. The SMILES string of the molecule is CCCCCCC/C=C\CCCCCCCC(=O)OCCCCCCCCCCCCCCCCCCCCCCCCCCCCCC(=O)NC(CO)C(O)CCCCCCCCCCCCCCCCCC. The minimum Gasteiger partial charge on any atom is -0.466 e. The number of ether oxygens (including phenoxy) is 1. The summed E-state index contributed by atoms with van der Waals surface area (Å²) in [7, 11) is 0. The first-order valence-electron chi connectivity index (χ1n) is 33.9. The van der Waals surface area contributed by atoms with E-state index in [1.54, 1.807) is 0 Å². The van der Waals surface area contributed by atoms with Crippen molar-refractivity contribution < 1.29 is 24.5 Å². The molecule has 0 spiro atoms. The summed E-state index contributed by atoms with van der Waals surface area (Å²) in [5, 5.41) is 23.3. The van der Waals surface area contributed by atoms with Crippen LogP contribution in [-0.2, 0) is 14.3 Å². The molecular formula is C68H133NO5. The molecule has 74 heavy (non-hydrogen) atoms. The van der Waals surface area contributed by atoms with Gasteiger partial charge in [-0.25, -0.2) is 0 Å². The number of esters is 1. The molecule has 6 heteroatoms. The first-order chi connectivity index (χ1) is 36.5. The second-order valence-corrected chi connectivity index (χ2v) is 23.5. The van der Waals surface area contributed by atoms with Gasteiger partial charge in [0.1, 0.15) is 0 Å². The Balaban J connectivity index is 3.34. The molecule has 0 aliphatic rings. The molecule has 0 heterocycles. The Bertz CT molecular complexity index is 1110. The zero-order valence-electron chi connectivity index (χ0n) is 50.4. The van der Waals surface area contributed by atoms with Gasteiger partial charge in [0, 0.05) is 12.8 Å². The number of allylic oxidation sites excluding steroid dienone is 2. The molecule has 0 radical (unpaired) electrons. The fourth-order valence-corrected chi connectivity index (χ4v) is 10.9. The Morgan fingerprint density at radius 2 is 0.635 bits per heavy atom. The summed E-state index contributed by atoms with van der Waals surface area (Å²) >= 11 is 0. The van der Waals surface area contributed by atoms with Gasteiger partial charge in [0.15, 0.2) is 0 Å². The van der Waals surface area contributed by atoms with Crippen molar-refractivity contribution in [3.05, 3.63) is 12.2 Å². The van der Waals surface area contributed by atoms with Crippen LogP contribution in [0.4, 0.5) is 0 Å². The number of aliphatic hydroxyl groups is 2. The second kappa shape index (κ2) is 64.1. The third-order valence-corrected chi connectivity index (χ3v) is 16.1. The molecule has 440 valence electrons. The van der Waals surface area contributed by atoms with Crippen molar-refractivity contribution in [1.29, 1.82) is 0 Å². The molecule has 0 aromatic rings. The van der Waals surface area contributed by atoms with E-state index in [0.717, 1.165) is 44.9 Å². The van der Waals surface area contributed by atoms with Crippen LogP contribution in [0.25, 0.3) is 0 Å². The molecule has 0 saturated heterocycles. The molecule has 0 aliphatic carbocycles. The van der Waals surface area contributed by atoms with Crippen LogP contribution in [0.1, 0.15) is 386 Å². The van der Waals surface area contributed by atoms with E-state index in [9.17, 15) is 19.8 Å². The number of aliphatic hydroxyl groups excluding tert-OH is 2. The van der Waals surface area contributed by atoms with Gasteiger partial charge in [0.25, 0.3) is 0 Å². The van der Waals surface area contributed by atoms with Crippen molar-refractivity contribution in [3.63, 3.8) is 0 Å². The molecular weight excluding hydrogens is 911 g/mol. The normalized spacial score (nSPS) is 12.5. The van der Waals surface area contributed by atoms with Crippen LogP contribution >= 0.6 is 0 Å². The van der Waals surface area contributed by atoms with Crippen LogP contribution in [-0.4, -0.2) is 47.4 Å². The summed E-state index contributed by atoms with van der Waals surface area (Å²) in [6, 6.07) is -0.539. The zero-order chi connectivity index (χ0) is 53.6. The summed E-state index contributed by atoms with van der Waals surface area (Å²) in [5.74, 6) is -0.0185. The number of hydrogen-bond donors (Lipinski definition) is 3. The molecule has 0 bridgehead atoms. The van der Waals surface area contributed by atoms with Crippen molar-refractivity contribution in [2.75, 3.05) is 13.2 Å². The van der Waals surface area contributed by atoms with Gasteiger partial charge in [-0.2, -0.15) is 0 Å². The monoisotopic (exact) mass is 1040 g/mol. The zero-order valence-corrected chi connectivity index (χ0v) is 50.4. The third kappa shape index (κ3) is 59.8. The molecule has 0 rings (SSSR count). The minimum absolute atomic E-state index is 0.0103. The third-order valence-electron chi connectivity index (χ3n) is 16.1. The number of amides is 1. The van der Waals surface area contributed by atoms with E-state index in [-0.39, 0.29) is 18.5 Å². The van der Waals surface area contributed by atoms with E-state index in [2.05, 4.69) is 31.3 Å². The summed E-state index contributed by atoms with van der Waals surface area (Å²) in [4.78, 5) is 24.6. The molecule has 0 saturated carbocycles. The van der Waals surface area contributed by atoms with Gasteiger partial charge in [-0.3, -0.25) is 9.59 Å². The first-order valence-corrected chi connectivity index (χ1v) is 33.9. The summed E-state index contributed by atoms with van der Waals surface area (Å²) in [6.07, 6.45) is 78.2. The number of hydrogen-bond acceptors (Lipinski definition) is 5. The molecule has 1 amide bonds. The Hall–Kier alpha value is -1.40. The summed E-state index contributed by atoms with van der Waals surface area (Å²) < 4.78 is 5.49. The van der Waals surface area contributed by atoms with E-state index >= 15 is 0 Å². The van der Waals surface area contributed by atoms with Crippen molar-refractivity contribution in [2.45, 2.75) is 398 Å². The molecule has 0 aromatic carbocycles. The molecule has 0 aliphatic heterocycles. The average molecular weight is 1040 g/mol. The quantitative estimate of drug-likeness (QED) is 0.0320. The Morgan fingerprint density at radius 1 is 0.365 bits per heavy atom. The van der Waals surface area contributed by atoms with E-state index < -0.39 is 12.1 Å². The molecule has 2 unspecified atom stereocenters. The lowest BCUT2D eigenvalue weighted by Crippen LogP contribution is -2.45. The summed E-state index contributed by atoms with van der Waals surface area (Å²) in [6.45, 7) is 4.98. The highest BCUT2D eigenvalue weighted by Gasteiger charge is 2.20. The predicted octanol–water partition coefficient (Wildman–Crippen LogP) is 21.6. The maximum Gasteiger partial charge on any atom is 0.305 e. The van der Waals surface area contributed by atoms with Gasteiger partial charge in [0.05, 0.1) is 25.4 Å². The van der Waals surface area contributed by atoms with Crippen LogP contribution in [0.15, 0.2) is 12.2 Å². The van der Waals surface area contributed by atoms with Crippen molar-refractivity contribution in [2.24, 2.45) is 0 Å². The van der Waals surface area contributed by atoms with Crippen LogP contribution in [0.5, 0.6) is 0 Å². The molecule has 2 atom stereocenters. The van der Waals surface area contributed by atoms with Gasteiger partial charge in [-0.05, 0) is 51.4 Å². The maximum atomic E-state index is 12.5. The second-order valence-electron chi connectivity index (χ2n) is 23.5. The Kier molecular flexibility index (Phi) is 62.9. The highest BCUT2D eigenvalue weighted by Crippen LogP contribution is 2.19. The van der Waals surface area contributed by atoms with Crippen LogP contribution in [0.3, 0.4) is 0 Å². The number of carbonyl (C=O) groups excluding carboxylic acids is 2. The van der Waals surface area contributed by atoms with Crippen LogP contribution in [0.2, 0.25) is 0 Å².